The van der Waals surface area contributed by atoms with E-state index < -0.39 is 15.6 Å². The fraction of sp³-hybridized carbons (Fsp3) is 0.800. The van der Waals surface area contributed by atoms with Gasteiger partial charge in [0.1, 0.15) is 0 Å². The number of oxime groups is 1. The Morgan fingerprint density at radius 3 is 2.38 bits per heavy atom. The Labute approximate surface area is 73.5 Å². The van der Waals surface area contributed by atoms with Crippen LogP contribution < -0.4 is 0 Å². The van der Waals surface area contributed by atoms with Crippen molar-refractivity contribution in [1.82, 2.24) is 0 Å². The summed E-state index contributed by atoms with van der Waals surface area (Å²) in [5.41, 5.74) is -5.42. The van der Waals surface area contributed by atoms with Crippen molar-refractivity contribution in [1.29, 1.82) is 0 Å². The molecule has 4 nitrogen and oxygen atoms in total. The third-order valence-electron chi connectivity index (χ3n) is 0.917. The third-order valence-corrected chi connectivity index (χ3v) is 1.77. The quantitative estimate of drug-likeness (QED) is 0.410. The molecule has 13 heavy (non-hydrogen) atoms. The van der Waals surface area contributed by atoms with Gasteiger partial charge in [0.15, 0.2) is 0 Å². The summed E-state index contributed by atoms with van der Waals surface area (Å²) >= 11 is 0. The monoisotopic (exact) mass is 219 g/mol. The van der Waals surface area contributed by atoms with Crippen LogP contribution in [0.15, 0.2) is 5.16 Å². The van der Waals surface area contributed by atoms with E-state index in [0.29, 0.717) is 12.8 Å². The largest absolute Gasteiger partial charge is 0.536 e. The summed E-state index contributed by atoms with van der Waals surface area (Å²) in [4.78, 5) is 0. The maximum absolute atomic E-state index is 11.6. The van der Waals surface area contributed by atoms with Gasteiger partial charge in [-0.3, -0.25) is 4.28 Å². The van der Waals surface area contributed by atoms with Gasteiger partial charge in [-0.15, -0.1) is 0 Å². The first kappa shape index (κ1) is 12.2. The van der Waals surface area contributed by atoms with Gasteiger partial charge in [0.25, 0.3) is 0 Å². The maximum atomic E-state index is 11.6. The van der Waals surface area contributed by atoms with Crippen molar-refractivity contribution in [2.24, 2.45) is 5.16 Å². The summed E-state index contributed by atoms with van der Waals surface area (Å²) in [5.74, 6) is 0. The van der Waals surface area contributed by atoms with E-state index in [0.717, 1.165) is 6.21 Å². The van der Waals surface area contributed by atoms with Gasteiger partial charge in [-0.05, 0) is 6.42 Å². The van der Waals surface area contributed by atoms with Crippen molar-refractivity contribution in [3.8, 4) is 0 Å². The van der Waals surface area contributed by atoms with Crippen LogP contribution in [0.2, 0.25) is 0 Å². The lowest BCUT2D eigenvalue weighted by Crippen LogP contribution is -2.23. The van der Waals surface area contributed by atoms with Crippen molar-refractivity contribution in [2.45, 2.75) is 25.3 Å². The van der Waals surface area contributed by atoms with Gasteiger partial charge in [-0.1, -0.05) is 18.5 Å². The third kappa shape index (κ3) is 4.11. The minimum absolute atomic E-state index is 0.355. The van der Waals surface area contributed by atoms with Crippen molar-refractivity contribution in [3.05, 3.63) is 0 Å². The predicted molar refractivity (Wildman–Crippen MR) is 39.5 cm³/mol. The molecule has 0 aliphatic heterocycles. The Balaban J connectivity index is 4.22. The number of halogens is 3. The molecule has 0 bridgehead atoms. The van der Waals surface area contributed by atoms with Gasteiger partial charge in [0.2, 0.25) is 0 Å². The molecule has 0 radical (unpaired) electrons. The van der Waals surface area contributed by atoms with Crippen LogP contribution in [0.5, 0.6) is 0 Å². The molecule has 0 aliphatic carbocycles. The first-order chi connectivity index (χ1) is 5.81. The fourth-order valence-corrected chi connectivity index (χ4v) is 0.570. The van der Waals surface area contributed by atoms with E-state index in [2.05, 4.69) is 9.44 Å². The number of rotatable bonds is 4. The van der Waals surface area contributed by atoms with E-state index in [4.69, 9.17) is 0 Å². The summed E-state index contributed by atoms with van der Waals surface area (Å²) < 4.78 is 58.3. The van der Waals surface area contributed by atoms with Gasteiger partial charge in [0.05, 0.1) is 0 Å². The second-order valence-corrected chi connectivity index (χ2v) is 3.57. The van der Waals surface area contributed by atoms with E-state index in [1.807, 2.05) is 0 Å². The molecule has 0 saturated carbocycles. The molecule has 0 atom stereocenters. The van der Waals surface area contributed by atoms with Crippen molar-refractivity contribution in [3.63, 3.8) is 0 Å². The van der Waals surface area contributed by atoms with Crippen LogP contribution >= 0.6 is 0 Å². The fourth-order valence-electron chi connectivity index (χ4n) is 0.311. The number of hydrogen-bond donors (Lipinski definition) is 0. The number of hydrogen-bond acceptors (Lipinski definition) is 4. The molecule has 0 aliphatic rings. The van der Waals surface area contributed by atoms with Gasteiger partial charge < -0.3 is 0 Å². The smallest absolute Gasteiger partial charge is 0.262 e. The van der Waals surface area contributed by atoms with Crippen molar-refractivity contribution >= 4 is 16.3 Å². The number of unbranched alkanes of at least 4 members (excludes halogenated alkanes) is 1. The first-order valence-corrected chi connectivity index (χ1v) is 4.74. The molecule has 0 rings (SSSR count). The average Bonchev–Trinajstić information content (AvgIpc) is 1.96. The second-order valence-electron chi connectivity index (χ2n) is 2.05. The SMILES string of the molecule is CCCC=NOS(=O)(=O)C(F)(F)F. The molecule has 0 aromatic rings. The summed E-state index contributed by atoms with van der Waals surface area (Å²) in [6, 6.07) is 0. The molecule has 0 fully saturated rings. The molecular weight excluding hydrogens is 211 g/mol. The number of nitrogens with zero attached hydrogens (tertiary/aromatic N) is 1. The van der Waals surface area contributed by atoms with E-state index >= 15 is 0 Å². The molecule has 0 heterocycles. The van der Waals surface area contributed by atoms with Crippen molar-refractivity contribution < 1.29 is 25.9 Å². The van der Waals surface area contributed by atoms with Gasteiger partial charge in [0, 0.05) is 6.21 Å². The number of alkyl halides is 3. The molecule has 0 aromatic carbocycles. The first-order valence-electron chi connectivity index (χ1n) is 3.33. The molecule has 8 heteroatoms. The van der Waals surface area contributed by atoms with Crippen LogP contribution in [0.25, 0.3) is 0 Å². The minimum Gasteiger partial charge on any atom is -0.262 e. The van der Waals surface area contributed by atoms with Crippen molar-refractivity contribution in [2.75, 3.05) is 0 Å². The average molecular weight is 219 g/mol. The highest BCUT2D eigenvalue weighted by atomic mass is 32.2. The summed E-state index contributed by atoms with van der Waals surface area (Å²) in [5, 5.41) is 2.67. The van der Waals surface area contributed by atoms with E-state index in [1.165, 1.54) is 0 Å². The van der Waals surface area contributed by atoms with E-state index in [9.17, 15) is 21.6 Å². The van der Waals surface area contributed by atoms with Crippen LogP contribution in [0.4, 0.5) is 13.2 Å². The molecule has 0 N–H and O–H groups in total. The Hall–Kier alpha value is -0.790. The van der Waals surface area contributed by atoms with Crippen LogP contribution in [0.3, 0.4) is 0 Å². The Morgan fingerprint density at radius 1 is 1.46 bits per heavy atom. The zero-order valence-electron chi connectivity index (χ0n) is 6.71. The molecule has 0 saturated heterocycles. The highest BCUT2D eigenvalue weighted by Gasteiger charge is 2.48. The van der Waals surface area contributed by atoms with Gasteiger partial charge >= 0.3 is 15.6 Å². The molecule has 0 unspecified atom stereocenters. The van der Waals surface area contributed by atoms with Crippen LogP contribution in [0, 0.1) is 0 Å². The highest BCUT2D eigenvalue weighted by molar-refractivity contribution is 7.87. The summed E-state index contributed by atoms with van der Waals surface area (Å²) in [6.45, 7) is 1.75. The topological polar surface area (TPSA) is 55.7 Å². The Morgan fingerprint density at radius 2 is 2.00 bits per heavy atom. The lowest BCUT2D eigenvalue weighted by Gasteiger charge is -2.03. The van der Waals surface area contributed by atoms with Gasteiger partial charge in [-0.25, -0.2) is 0 Å². The lowest BCUT2D eigenvalue weighted by molar-refractivity contribution is -0.0540. The van der Waals surface area contributed by atoms with Gasteiger partial charge in [-0.2, -0.15) is 21.6 Å². The molecule has 0 aromatic heterocycles. The predicted octanol–water partition coefficient (Wildman–Crippen LogP) is 1.64. The van der Waals surface area contributed by atoms with E-state index in [1.54, 1.807) is 6.92 Å². The summed E-state index contributed by atoms with van der Waals surface area (Å²) in [7, 11) is -5.58. The zero-order valence-corrected chi connectivity index (χ0v) is 7.52. The van der Waals surface area contributed by atoms with Crippen LogP contribution in [0.1, 0.15) is 19.8 Å². The maximum Gasteiger partial charge on any atom is 0.536 e. The highest BCUT2D eigenvalue weighted by Crippen LogP contribution is 2.24. The molecule has 0 spiro atoms. The minimum atomic E-state index is -5.58. The zero-order chi connectivity index (χ0) is 10.5. The molecular formula is C5H8F3NO3S. The molecule has 78 valence electrons. The molecule has 0 amide bonds. The second kappa shape index (κ2) is 4.45. The normalized spacial score (nSPS) is 13.5. The standard InChI is InChI=1S/C5H8F3NO3S/c1-2-3-4-9-12-13(10,11)5(6,7)8/h4H,2-3H2,1H3. The lowest BCUT2D eigenvalue weighted by atomic mass is 10.4. The Bertz CT molecular complexity index is 269. The summed E-state index contributed by atoms with van der Waals surface area (Å²) in [6.07, 6.45) is 1.95. The van der Waals surface area contributed by atoms with E-state index in [-0.39, 0.29) is 0 Å². The van der Waals surface area contributed by atoms with Crippen LogP contribution in [-0.4, -0.2) is 20.1 Å². The van der Waals surface area contributed by atoms with Crippen LogP contribution in [-0.2, 0) is 14.4 Å². The Kier molecular flexibility index (Phi) is 4.18.